The number of carbonyl (C=O) groups is 2. The monoisotopic (exact) mass is 460 g/mol. The van der Waals surface area contributed by atoms with E-state index >= 15 is 0 Å². The minimum absolute atomic E-state index is 0.121. The Morgan fingerprint density at radius 2 is 1.93 bits per heavy atom. The van der Waals surface area contributed by atoms with Gasteiger partial charge in [-0.3, -0.25) is 9.59 Å². The van der Waals surface area contributed by atoms with Gasteiger partial charge in [0.1, 0.15) is 11.8 Å². The van der Waals surface area contributed by atoms with Crippen LogP contribution in [0.1, 0.15) is 37.0 Å². The standard InChI is InChI=1S/C23H29BrN2O3/c1-5-11-25-23(28)18(4)26(14-19-7-6-8-20(24)13-19)22(27)15-29-21-12-16(2)9-10-17(21)3/h6-10,12-13,18H,5,11,14-15H2,1-4H3,(H,25,28)/t18-/m1/s1. The third-order valence-corrected chi connectivity index (χ3v) is 5.15. The van der Waals surface area contributed by atoms with Crippen LogP contribution < -0.4 is 10.1 Å². The molecular formula is C23H29BrN2O3. The van der Waals surface area contributed by atoms with E-state index < -0.39 is 6.04 Å². The van der Waals surface area contributed by atoms with E-state index in [-0.39, 0.29) is 18.4 Å². The van der Waals surface area contributed by atoms with E-state index in [2.05, 4.69) is 21.2 Å². The number of nitrogens with zero attached hydrogens (tertiary/aromatic N) is 1. The maximum absolute atomic E-state index is 13.0. The number of amides is 2. The van der Waals surface area contributed by atoms with Crippen molar-refractivity contribution in [1.29, 1.82) is 0 Å². The summed E-state index contributed by atoms with van der Waals surface area (Å²) in [5.41, 5.74) is 2.97. The van der Waals surface area contributed by atoms with Crippen molar-refractivity contribution in [2.24, 2.45) is 0 Å². The van der Waals surface area contributed by atoms with E-state index in [9.17, 15) is 9.59 Å². The van der Waals surface area contributed by atoms with Crippen molar-refractivity contribution in [3.8, 4) is 5.75 Å². The first kappa shape index (κ1) is 22.9. The summed E-state index contributed by atoms with van der Waals surface area (Å²) in [5, 5.41) is 2.87. The number of carbonyl (C=O) groups excluding carboxylic acids is 2. The summed E-state index contributed by atoms with van der Waals surface area (Å²) in [5.74, 6) is 0.288. The second-order valence-corrected chi connectivity index (χ2v) is 8.09. The minimum Gasteiger partial charge on any atom is -0.483 e. The van der Waals surface area contributed by atoms with Crippen LogP contribution in [0.4, 0.5) is 0 Å². The van der Waals surface area contributed by atoms with Gasteiger partial charge in [0.2, 0.25) is 5.91 Å². The molecule has 0 aliphatic heterocycles. The van der Waals surface area contributed by atoms with Gasteiger partial charge in [0.25, 0.3) is 5.91 Å². The fourth-order valence-corrected chi connectivity index (χ4v) is 3.34. The Morgan fingerprint density at radius 3 is 2.62 bits per heavy atom. The lowest BCUT2D eigenvalue weighted by atomic mass is 10.1. The van der Waals surface area contributed by atoms with Gasteiger partial charge in [-0.25, -0.2) is 0 Å². The van der Waals surface area contributed by atoms with Crippen molar-refractivity contribution < 1.29 is 14.3 Å². The molecule has 5 nitrogen and oxygen atoms in total. The van der Waals surface area contributed by atoms with E-state index in [0.29, 0.717) is 18.8 Å². The minimum atomic E-state index is -0.602. The molecule has 29 heavy (non-hydrogen) atoms. The zero-order chi connectivity index (χ0) is 21.4. The van der Waals surface area contributed by atoms with Crippen LogP contribution in [-0.4, -0.2) is 35.9 Å². The molecule has 156 valence electrons. The highest BCUT2D eigenvalue weighted by Crippen LogP contribution is 2.20. The summed E-state index contributed by atoms with van der Waals surface area (Å²) in [4.78, 5) is 27.1. The van der Waals surface area contributed by atoms with E-state index in [1.165, 1.54) is 0 Å². The maximum atomic E-state index is 13.0. The summed E-state index contributed by atoms with van der Waals surface area (Å²) in [7, 11) is 0. The summed E-state index contributed by atoms with van der Waals surface area (Å²) < 4.78 is 6.73. The van der Waals surface area contributed by atoms with Gasteiger partial charge in [0.05, 0.1) is 0 Å². The van der Waals surface area contributed by atoms with Crippen LogP contribution in [0.25, 0.3) is 0 Å². The lowest BCUT2D eigenvalue weighted by Gasteiger charge is -2.29. The van der Waals surface area contributed by atoms with Crippen LogP contribution in [0.3, 0.4) is 0 Å². The van der Waals surface area contributed by atoms with Crippen molar-refractivity contribution in [3.05, 3.63) is 63.6 Å². The summed E-state index contributed by atoms with van der Waals surface area (Å²) >= 11 is 3.46. The molecule has 0 heterocycles. The number of hydrogen-bond acceptors (Lipinski definition) is 3. The maximum Gasteiger partial charge on any atom is 0.261 e. The molecule has 2 aromatic rings. The first-order valence-electron chi connectivity index (χ1n) is 9.83. The van der Waals surface area contributed by atoms with Gasteiger partial charge in [-0.2, -0.15) is 0 Å². The molecule has 0 saturated carbocycles. The number of hydrogen-bond donors (Lipinski definition) is 1. The SMILES string of the molecule is CCCNC(=O)[C@@H](C)N(Cc1cccc(Br)c1)C(=O)COc1cc(C)ccc1C. The molecule has 2 amide bonds. The third-order valence-electron chi connectivity index (χ3n) is 4.65. The molecule has 0 bridgehead atoms. The van der Waals surface area contributed by atoms with Gasteiger partial charge in [-0.1, -0.05) is 47.1 Å². The molecule has 0 spiro atoms. The average Bonchev–Trinajstić information content (AvgIpc) is 2.70. The zero-order valence-electron chi connectivity index (χ0n) is 17.5. The molecule has 1 atom stereocenters. The van der Waals surface area contributed by atoms with E-state index in [4.69, 9.17) is 4.74 Å². The highest BCUT2D eigenvalue weighted by atomic mass is 79.9. The first-order valence-corrected chi connectivity index (χ1v) is 10.6. The molecule has 2 rings (SSSR count). The van der Waals surface area contributed by atoms with E-state index in [1.807, 2.05) is 63.2 Å². The largest absolute Gasteiger partial charge is 0.483 e. The van der Waals surface area contributed by atoms with Crippen LogP contribution in [0.15, 0.2) is 46.9 Å². The van der Waals surface area contributed by atoms with Crippen LogP contribution in [-0.2, 0) is 16.1 Å². The van der Waals surface area contributed by atoms with Gasteiger partial charge in [0.15, 0.2) is 6.61 Å². The first-order chi connectivity index (χ1) is 13.8. The predicted octanol–water partition coefficient (Wildman–Crippen LogP) is 4.39. The van der Waals surface area contributed by atoms with Crippen molar-refractivity contribution in [1.82, 2.24) is 10.2 Å². The zero-order valence-corrected chi connectivity index (χ0v) is 19.1. The molecule has 0 aliphatic carbocycles. The summed E-state index contributed by atoms with van der Waals surface area (Å²) in [6, 6.07) is 13.0. The van der Waals surface area contributed by atoms with Gasteiger partial charge < -0.3 is 15.0 Å². The number of rotatable bonds is 9. The fraction of sp³-hybridized carbons (Fsp3) is 0.391. The lowest BCUT2D eigenvalue weighted by Crippen LogP contribution is -2.49. The predicted molar refractivity (Wildman–Crippen MR) is 119 cm³/mol. The Labute approximate surface area is 181 Å². The van der Waals surface area contributed by atoms with Crippen molar-refractivity contribution >= 4 is 27.7 Å². The van der Waals surface area contributed by atoms with E-state index in [0.717, 1.165) is 27.6 Å². The number of halogens is 1. The number of benzene rings is 2. The Morgan fingerprint density at radius 1 is 1.17 bits per heavy atom. The lowest BCUT2D eigenvalue weighted by molar-refractivity contribution is -0.142. The quantitative estimate of drug-likeness (QED) is 0.603. The second kappa shape index (κ2) is 11.0. The normalized spacial score (nSPS) is 11.6. The number of aryl methyl sites for hydroxylation is 2. The molecule has 2 aromatic carbocycles. The van der Waals surface area contributed by atoms with Gasteiger partial charge in [-0.15, -0.1) is 0 Å². The molecule has 1 N–H and O–H groups in total. The van der Waals surface area contributed by atoms with Gasteiger partial charge in [-0.05, 0) is 62.1 Å². The second-order valence-electron chi connectivity index (χ2n) is 7.18. The highest BCUT2D eigenvalue weighted by molar-refractivity contribution is 9.10. The molecule has 0 unspecified atom stereocenters. The van der Waals surface area contributed by atoms with Gasteiger partial charge >= 0.3 is 0 Å². The Bertz CT molecular complexity index is 854. The molecule has 0 aliphatic rings. The van der Waals surface area contributed by atoms with Crippen molar-refractivity contribution in [3.63, 3.8) is 0 Å². The average molecular weight is 461 g/mol. The Hall–Kier alpha value is -2.34. The van der Waals surface area contributed by atoms with E-state index in [1.54, 1.807) is 11.8 Å². The van der Waals surface area contributed by atoms with Crippen molar-refractivity contribution in [2.45, 2.75) is 46.7 Å². The summed E-state index contributed by atoms with van der Waals surface area (Å²) in [6.45, 7) is 8.46. The number of ether oxygens (including phenoxy) is 1. The summed E-state index contributed by atoms with van der Waals surface area (Å²) in [6.07, 6.45) is 0.841. The smallest absolute Gasteiger partial charge is 0.261 e. The molecule has 6 heteroatoms. The number of nitrogens with one attached hydrogen (secondary N) is 1. The molecule has 0 aromatic heterocycles. The molecule has 0 saturated heterocycles. The van der Waals surface area contributed by atoms with Crippen LogP contribution in [0.5, 0.6) is 5.75 Å². The molecule has 0 fully saturated rings. The molecule has 0 radical (unpaired) electrons. The van der Waals surface area contributed by atoms with Crippen LogP contribution in [0.2, 0.25) is 0 Å². The van der Waals surface area contributed by atoms with Crippen LogP contribution in [0, 0.1) is 13.8 Å². The van der Waals surface area contributed by atoms with Crippen molar-refractivity contribution in [2.75, 3.05) is 13.2 Å². The van der Waals surface area contributed by atoms with Gasteiger partial charge in [0, 0.05) is 17.6 Å². The Kier molecular flexibility index (Phi) is 8.70. The Balaban J connectivity index is 2.16. The fourth-order valence-electron chi connectivity index (χ4n) is 2.90. The highest BCUT2D eigenvalue weighted by Gasteiger charge is 2.26. The topological polar surface area (TPSA) is 58.6 Å². The van der Waals surface area contributed by atoms with Crippen LogP contribution >= 0.6 is 15.9 Å². The molecular weight excluding hydrogens is 432 g/mol. The third kappa shape index (κ3) is 6.89.